The van der Waals surface area contributed by atoms with Gasteiger partial charge in [0.2, 0.25) is 0 Å². The first-order chi connectivity index (χ1) is 12.2. The molecule has 1 aliphatic heterocycles. The number of carbonyl (C=O) groups is 1. The monoisotopic (exact) mass is 340 g/mol. The molecule has 0 aromatic heterocycles. The minimum absolute atomic E-state index is 0.163. The summed E-state index contributed by atoms with van der Waals surface area (Å²) in [5.74, 6) is 0.0958. The van der Waals surface area contributed by atoms with E-state index in [1.54, 1.807) is 24.3 Å². The van der Waals surface area contributed by atoms with E-state index in [1.807, 2.05) is 12.1 Å². The summed E-state index contributed by atoms with van der Waals surface area (Å²) in [4.78, 5) is 12.1. The molecule has 1 amide bonds. The topological polar surface area (TPSA) is 71.3 Å². The normalized spacial score (nSPS) is 15.0. The maximum Gasteiger partial charge on any atom is 0.261 e. The SMILES string of the molecule is N#CCc1ccc(OCCNC(=O)[C@@H]2Cc3cccc(F)c3O2)cc1. The van der Waals surface area contributed by atoms with Gasteiger partial charge in [-0.1, -0.05) is 24.3 Å². The molecule has 0 radical (unpaired) electrons. The summed E-state index contributed by atoms with van der Waals surface area (Å²) < 4.78 is 24.5. The minimum Gasteiger partial charge on any atom is -0.492 e. The second-order valence-corrected chi connectivity index (χ2v) is 5.66. The second kappa shape index (κ2) is 7.67. The van der Waals surface area contributed by atoms with E-state index in [1.165, 1.54) is 6.07 Å². The lowest BCUT2D eigenvalue weighted by Crippen LogP contribution is -2.39. The van der Waals surface area contributed by atoms with Crippen LogP contribution in [-0.2, 0) is 17.6 Å². The maximum absolute atomic E-state index is 13.6. The standard InChI is InChI=1S/C19H17FN2O3/c20-16-3-1-2-14-12-17(25-18(14)16)19(23)22-10-11-24-15-6-4-13(5-7-15)8-9-21/h1-7,17H,8,10-12H2,(H,22,23)/t17-/m0/s1. The van der Waals surface area contributed by atoms with E-state index in [2.05, 4.69) is 11.4 Å². The number of nitrogens with one attached hydrogen (secondary N) is 1. The minimum atomic E-state index is -0.711. The van der Waals surface area contributed by atoms with Gasteiger partial charge in [0.25, 0.3) is 5.91 Å². The van der Waals surface area contributed by atoms with Gasteiger partial charge in [0, 0.05) is 12.0 Å². The first-order valence-corrected chi connectivity index (χ1v) is 7.98. The van der Waals surface area contributed by atoms with E-state index in [0.29, 0.717) is 37.3 Å². The fourth-order valence-electron chi connectivity index (χ4n) is 2.63. The van der Waals surface area contributed by atoms with Gasteiger partial charge in [-0.15, -0.1) is 0 Å². The first kappa shape index (κ1) is 16.8. The van der Waals surface area contributed by atoms with Crippen molar-refractivity contribution >= 4 is 5.91 Å². The molecular formula is C19H17FN2O3. The van der Waals surface area contributed by atoms with Crippen LogP contribution in [0.2, 0.25) is 0 Å². The van der Waals surface area contributed by atoms with Crippen LogP contribution in [-0.4, -0.2) is 25.2 Å². The van der Waals surface area contributed by atoms with Gasteiger partial charge in [-0.3, -0.25) is 4.79 Å². The van der Waals surface area contributed by atoms with E-state index < -0.39 is 11.9 Å². The Kier molecular flexibility index (Phi) is 5.14. The summed E-state index contributed by atoms with van der Waals surface area (Å²) in [5.41, 5.74) is 1.63. The van der Waals surface area contributed by atoms with Crippen molar-refractivity contribution in [3.05, 3.63) is 59.4 Å². The summed E-state index contributed by atoms with van der Waals surface area (Å²) in [5, 5.41) is 11.4. The van der Waals surface area contributed by atoms with E-state index >= 15 is 0 Å². The van der Waals surface area contributed by atoms with Gasteiger partial charge in [-0.05, 0) is 23.8 Å². The van der Waals surface area contributed by atoms with Crippen LogP contribution < -0.4 is 14.8 Å². The van der Waals surface area contributed by atoms with Crippen LogP contribution >= 0.6 is 0 Å². The highest BCUT2D eigenvalue weighted by Crippen LogP contribution is 2.31. The largest absolute Gasteiger partial charge is 0.492 e. The number of nitriles is 1. The Bertz CT molecular complexity index is 799. The zero-order chi connectivity index (χ0) is 17.6. The summed E-state index contributed by atoms with van der Waals surface area (Å²) in [6.07, 6.45) is 0.0121. The molecule has 2 aromatic carbocycles. The predicted octanol–water partition coefficient (Wildman–Crippen LogP) is 2.39. The molecule has 1 aliphatic rings. The van der Waals surface area contributed by atoms with Crippen molar-refractivity contribution in [1.82, 2.24) is 5.32 Å². The number of hydrogen-bond donors (Lipinski definition) is 1. The number of halogens is 1. The Balaban J connectivity index is 1.42. The molecule has 1 N–H and O–H groups in total. The van der Waals surface area contributed by atoms with Crippen molar-refractivity contribution in [2.45, 2.75) is 18.9 Å². The average Bonchev–Trinajstić information content (AvgIpc) is 3.06. The van der Waals surface area contributed by atoms with Crippen molar-refractivity contribution < 1.29 is 18.7 Å². The lowest BCUT2D eigenvalue weighted by Gasteiger charge is -2.12. The van der Waals surface area contributed by atoms with Gasteiger partial charge >= 0.3 is 0 Å². The Morgan fingerprint density at radius 1 is 1.32 bits per heavy atom. The molecule has 128 valence electrons. The Morgan fingerprint density at radius 2 is 2.12 bits per heavy atom. The molecule has 0 unspecified atom stereocenters. The molecule has 1 heterocycles. The van der Waals surface area contributed by atoms with Crippen LogP contribution in [0, 0.1) is 17.1 Å². The van der Waals surface area contributed by atoms with Crippen molar-refractivity contribution in [3.8, 4) is 17.6 Å². The molecule has 6 heteroatoms. The van der Waals surface area contributed by atoms with Crippen molar-refractivity contribution in [3.63, 3.8) is 0 Å². The van der Waals surface area contributed by atoms with E-state index in [9.17, 15) is 9.18 Å². The fraction of sp³-hybridized carbons (Fsp3) is 0.263. The Hall–Kier alpha value is -3.07. The van der Waals surface area contributed by atoms with Gasteiger partial charge in [-0.25, -0.2) is 4.39 Å². The van der Waals surface area contributed by atoms with E-state index in [4.69, 9.17) is 14.7 Å². The summed E-state index contributed by atoms with van der Waals surface area (Å²) in [7, 11) is 0. The third-order valence-electron chi connectivity index (χ3n) is 3.88. The number of fused-ring (bicyclic) bond motifs is 1. The summed E-state index contributed by atoms with van der Waals surface area (Å²) in [6, 6.07) is 14.0. The van der Waals surface area contributed by atoms with E-state index in [0.717, 1.165) is 5.56 Å². The Labute approximate surface area is 145 Å². The zero-order valence-electron chi connectivity index (χ0n) is 13.5. The number of para-hydroxylation sites is 1. The van der Waals surface area contributed by atoms with Crippen molar-refractivity contribution in [2.24, 2.45) is 0 Å². The highest BCUT2D eigenvalue weighted by Gasteiger charge is 2.30. The molecular weight excluding hydrogens is 323 g/mol. The molecule has 25 heavy (non-hydrogen) atoms. The van der Waals surface area contributed by atoms with Crippen LogP contribution in [0.1, 0.15) is 11.1 Å². The van der Waals surface area contributed by atoms with Gasteiger partial charge in [0.15, 0.2) is 17.7 Å². The number of benzene rings is 2. The highest BCUT2D eigenvalue weighted by molar-refractivity contribution is 5.82. The smallest absolute Gasteiger partial charge is 0.261 e. The van der Waals surface area contributed by atoms with Crippen LogP contribution in [0.5, 0.6) is 11.5 Å². The predicted molar refractivity (Wildman–Crippen MR) is 88.8 cm³/mol. The maximum atomic E-state index is 13.6. The number of rotatable bonds is 6. The van der Waals surface area contributed by atoms with Crippen molar-refractivity contribution in [1.29, 1.82) is 5.26 Å². The third kappa shape index (κ3) is 4.07. The molecule has 0 bridgehead atoms. The van der Waals surface area contributed by atoms with Crippen LogP contribution in [0.15, 0.2) is 42.5 Å². The molecule has 1 atom stereocenters. The van der Waals surface area contributed by atoms with E-state index in [-0.39, 0.29) is 11.7 Å². The molecule has 0 saturated carbocycles. The van der Waals surface area contributed by atoms with Gasteiger partial charge in [0.1, 0.15) is 12.4 Å². The summed E-state index contributed by atoms with van der Waals surface area (Å²) in [6.45, 7) is 0.620. The molecule has 0 fully saturated rings. The zero-order valence-corrected chi connectivity index (χ0v) is 13.5. The molecule has 0 spiro atoms. The highest BCUT2D eigenvalue weighted by atomic mass is 19.1. The lowest BCUT2D eigenvalue weighted by molar-refractivity contribution is -0.127. The fourth-order valence-corrected chi connectivity index (χ4v) is 2.63. The van der Waals surface area contributed by atoms with Crippen molar-refractivity contribution in [2.75, 3.05) is 13.2 Å². The van der Waals surface area contributed by atoms with Gasteiger partial charge < -0.3 is 14.8 Å². The number of carbonyl (C=O) groups excluding carboxylic acids is 1. The number of hydrogen-bond acceptors (Lipinski definition) is 4. The Morgan fingerprint density at radius 3 is 2.84 bits per heavy atom. The van der Waals surface area contributed by atoms with Gasteiger partial charge in [0.05, 0.1) is 19.0 Å². The molecule has 0 saturated heterocycles. The molecule has 5 nitrogen and oxygen atoms in total. The quantitative estimate of drug-likeness (QED) is 0.820. The number of nitrogens with zero attached hydrogens (tertiary/aromatic N) is 1. The molecule has 2 aromatic rings. The lowest BCUT2D eigenvalue weighted by atomic mass is 10.1. The van der Waals surface area contributed by atoms with Gasteiger partial charge in [-0.2, -0.15) is 5.26 Å². The number of amides is 1. The molecule has 3 rings (SSSR count). The second-order valence-electron chi connectivity index (χ2n) is 5.66. The number of ether oxygens (including phenoxy) is 2. The van der Waals surface area contributed by atoms with Crippen LogP contribution in [0.25, 0.3) is 0 Å². The van der Waals surface area contributed by atoms with Crippen LogP contribution in [0.3, 0.4) is 0 Å². The average molecular weight is 340 g/mol. The summed E-state index contributed by atoms with van der Waals surface area (Å²) >= 11 is 0. The molecule has 0 aliphatic carbocycles. The third-order valence-corrected chi connectivity index (χ3v) is 3.88. The van der Waals surface area contributed by atoms with Crippen LogP contribution in [0.4, 0.5) is 4.39 Å². The first-order valence-electron chi connectivity index (χ1n) is 7.98.